The molecule has 1 aromatic carbocycles. The summed E-state index contributed by atoms with van der Waals surface area (Å²) in [6, 6.07) is 5.77. The molecule has 6 heteroatoms. The van der Waals surface area contributed by atoms with Crippen LogP contribution in [0.25, 0.3) is 0 Å². The van der Waals surface area contributed by atoms with Crippen LogP contribution in [0.2, 0.25) is 0 Å². The third-order valence-corrected chi connectivity index (χ3v) is 3.94. The normalized spacial score (nSPS) is 11.3. The van der Waals surface area contributed by atoms with Gasteiger partial charge in [-0.3, -0.25) is 0 Å². The van der Waals surface area contributed by atoms with Crippen LogP contribution in [0.4, 0.5) is 9.18 Å². The molecule has 22 heavy (non-hydrogen) atoms. The molecule has 0 atom stereocenters. The number of carbonyl (C=O) groups is 1. The molecular weight excluding hydrogens is 301 g/mol. The number of thiazole rings is 1. The van der Waals surface area contributed by atoms with Gasteiger partial charge in [0.2, 0.25) is 0 Å². The number of urea groups is 1. The van der Waals surface area contributed by atoms with E-state index in [1.54, 1.807) is 12.1 Å². The summed E-state index contributed by atoms with van der Waals surface area (Å²) in [7, 11) is 0. The quantitative estimate of drug-likeness (QED) is 0.904. The lowest BCUT2D eigenvalue weighted by Gasteiger charge is -2.14. The fraction of sp³-hybridized carbons (Fsp3) is 0.375. The molecule has 1 aromatic heterocycles. The Morgan fingerprint density at radius 3 is 2.41 bits per heavy atom. The molecule has 0 bridgehead atoms. The van der Waals surface area contributed by atoms with Crippen molar-refractivity contribution in [3.05, 3.63) is 51.7 Å². The Labute approximate surface area is 133 Å². The van der Waals surface area contributed by atoms with Crippen LogP contribution in [-0.2, 0) is 18.5 Å². The summed E-state index contributed by atoms with van der Waals surface area (Å²) in [4.78, 5) is 16.3. The number of benzene rings is 1. The van der Waals surface area contributed by atoms with Crippen molar-refractivity contribution in [1.82, 2.24) is 15.6 Å². The second-order valence-electron chi connectivity index (χ2n) is 6.04. The number of nitrogens with one attached hydrogen (secondary N) is 2. The summed E-state index contributed by atoms with van der Waals surface area (Å²) in [6.07, 6.45) is 0. The van der Waals surface area contributed by atoms with E-state index in [0.29, 0.717) is 13.1 Å². The summed E-state index contributed by atoms with van der Waals surface area (Å²) in [5, 5.41) is 8.40. The maximum Gasteiger partial charge on any atom is 0.315 e. The van der Waals surface area contributed by atoms with Crippen LogP contribution in [0.15, 0.2) is 29.6 Å². The van der Waals surface area contributed by atoms with E-state index in [1.807, 2.05) is 5.38 Å². The molecule has 4 nitrogen and oxygen atoms in total. The van der Waals surface area contributed by atoms with Gasteiger partial charge in [-0.15, -0.1) is 11.3 Å². The van der Waals surface area contributed by atoms with Crippen molar-refractivity contribution in [3.8, 4) is 0 Å². The summed E-state index contributed by atoms with van der Waals surface area (Å²) < 4.78 is 12.8. The lowest BCUT2D eigenvalue weighted by molar-refractivity contribution is 0.240. The smallest absolute Gasteiger partial charge is 0.315 e. The van der Waals surface area contributed by atoms with Crippen molar-refractivity contribution < 1.29 is 9.18 Å². The molecule has 2 rings (SSSR count). The zero-order chi connectivity index (χ0) is 16.2. The van der Waals surface area contributed by atoms with Crippen molar-refractivity contribution in [2.45, 2.75) is 39.3 Å². The second kappa shape index (κ2) is 6.87. The minimum absolute atomic E-state index is 0.0135. The highest BCUT2D eigenvalue weighted by Crippen LogP contribution is 2.23. The molecule has 0 aliphatic heterocycles. The highest BCUT2D eigenvalue weighted by Gasteiger charge is 2.17. The van der Waals surface area contributed by atoms with Crippen LogP contribution in [-0.4, -0.2) is 11.0 Å². The maximum atomic E-state index is 12.8. The van der Waals surface area contributed by atoms with Gasteiger partial charge < -0.3 is 10.6 Å². The number of carbonyl (C=O) groups excluding carboxylic acids is 1. The van der Waals surface area contributed by atoms with Gasteiger partial charge in [0.15, 0.2) is 0 Å². The van der Waals surface area contributed by atoms with E-state index in [9.17, 15) is 9.18 Å². The monoisotopic (exact) mass is 321 g/mol. The van der Waals surface area contributed by atoms with E-state index in [-0.39, 0.29) is 17.3 Å². The average molecular weight is 321 g/mol. The van der Waals surface area contributed by atoms with Crippen LogP contribution < -0.4 is 10.6 Å². The predicted octanol–water partition coefficient (Wildman–Crippen LogP) is 3.58. The van der Waals surface area contributed by atoms with E-state index in [1.165, 1.54) is 23.5 Å². The second-order valence-corrected chi connectivity index (χ2v) is 6.98. The molecule has 0 aliphatic rings. The Kier molecular flexibility index (Phi) is 5.13. The van der Waals surface area contributed by atoms with Gasteiger partial charge in [-0.1, -0.05) is 32.9 Å². The summed E-state index contributed by atoms with van der Waals surface area (Å²) in [5.41, 5.74) is 1.89. The zero-order valence-electron chi connectivity index (χ0n) is 12.9. The first-order valence-corrected chi connectivity index (χ1v) is 7.93. The number of aromatic nitrogens is 1. The first-order valence-electron chi connectivity index (χ1n) is 7.05. The number of halogens is 1. The van der Waals surface area contributed by atoms with Gasteiger partial charge >= 0.3 is 6.03 Å². The third-order valence-electron chi connectivity index (χ3n) is 3.09. The zero-order valence-corrected chi connectivity index (χ0v) is 13.8. The van der Waals surface area contributed by atoms with E-state index in [0.717, 1.165) is 16.3 Å². The Morgan fingerprint density at radius 1 is 1.18 bits per heavy atom. The Balaban J connectivity index is 1.78. The number of nitrogens with zero attached hydrogens (tertiary/aromatic N) is 1. The van der Waals surface area contributed by atoms with E-state index >= 15 is 0 Å². The Morgan fingerprint density at radius 2 is 1.82 bits per heavy atom. The number of hydrogen-bond donors (Lipinski definition) is 2. The number of hydrogen-bond acceptors (Lipinski definition) is 3. The fourth-order valence-electron chi connectivity index (χ4n) is 1.74. The fourth-order valence-corrected chi connectivity index (χ4v) is 2.70. The van der Waals surface area contributed by atoms with Crippen molar-refractivity contribution in [2.75, 3.05) is 0 Å². The molecule has 0 fully saturated rings. The predicted molar refractivity (Wildman–Crippen MR) is 86.3 cm³/mol. The van der Waals surface area contributed by atoms with Gasteiger partial charge in [-0.2, -0.15) is 0 Å². The van der Waals surface area contributed by atoms with Gasteiger partial charge in [0.1, 0.15) is 10.8 Å². The molecular formula is C16H20FN3OS. The highest BCUT2D eigenvalue weighted by atomic mass is 32.1. The summed E-state index contributed by atoms with van der Waals surface area (Å²) in [6.45, 7) is 7.07. The minimum Gasteiger partial charge on any atom is -0.334 e. The van der Waals surface area contributed by atoms with E-state index < -0.39 is 0 Å². The van der Waals surface area contributed by atoms with Crippen LogP contribution in [0.3, 0.4) is 0 Å². The molecule has 0 aliphatic carbocycles. The average Bonchev–Trinajstić information content (AvgIpc) is 2.93. The van der Waals surface area contributed by atoms with Crippen molar-refractivity contribution >= 4 is 17.4 Å². The molecule has 2 N–H and O–H groups in total. The molecule has 0 saturated carbocycles. The van der Waals surface area contributed by atoms with Gasteiger partial charge in [-0.25, -0.2) is 14.2 Å². The third kappa shape index (κ3) is 4.80. The van der Waals surface area contributed by atoms with Gasteiger partial charge in [0, 0.05) is 17.3 Å². The van der Waals surface area contributed by atoms with E-state index in [4.69, 9.17) is 0 Å². The van der Waals surface area contributed by atoms with E-state index in [2.05, 4.69) is 36.4 Å². The minimum atomic E-state index is -0.286. The lowest BCUT2D eigenvalue weighted by atomic mass is 9.93. The Hall–Kier alpha value is -1.95. The van der Waals surface area contributed by atoms with Gasteiger partial charge in [-0.05, 0) is 17.7 Å². The van der Waals surface area contributed by atoms with Crippen LogP contribution in [0.5, 0.6) is 0 Å². The topological polar surface area (TPSA) is 54.0 Å². The summed E-state index contributed by atoms with van der Waals surface area (Å²) in [5.74, 6) is -0.286. The molecule has 0 radical (unpaired) electrons. The molecule has 1 heterocycles. The first kappa shape index (κ1) is 16.4. The summed E-state index contributed by atoms with van der Waals surface area (Å²) >= 11 is 1.54. The molecule has 0 spiro atoms. The van der Waals surface area contributed by atoms with Crippen molar-refractivity contribution in [2.24, 2.45) is 0 Å². The lowest BCUT2D eigenvalue weighted by Crippen LogP contribution is -2.34. The van der Waals surface area contributed by atoms with Gasteiger partial charge in [0.05, 0.1) is 12.2 Å². The highest BCUT2D eigenvalue weighted by molar-refractivity contribution is 7.09. The standard InChI is InChI=1S/C16H20FN3OS/c1-16(2,3)13-10-22-14(20-13)9-19-15(21)18-8-11-4-6-12(17)7-5-11/h4-7,10H,8-9H2,1-3H3,(H2,18,19,21). The molecule has 2 amide bonds. The number of amides is 2. The molecule has 118 valence electrons. The van der Waals surface area contributed by atoms with Crippen molar-refractivity contribution in [3.63, 3.8) is 0 Å². The first-order chi connectivity index (χ1) is 10.3. The largest absolute Gasteiger partial charge is 0.334 e. The van der Waals surface area contributed by atoms with Crippen molar-refractivity contribution in [1.29, 1.82) is 0 Å². The van der Waals surface area contributed by atoms with Crippen LogP contribution in [0, 0.1) is 5.82 Å². The SMILES string of the molecule is CC(C)(C)c1csc(CNC(=O)NCc2ccc(F)cc2)n1. The molecule has 0 unspecified atom stereocenters. The van der Waals surface area contributed by atoms with Crippen LogP contribution >= 0.6 is 11.3 Å². The maximum absolute atomic E-state index is 12.8. The molecule has 0 saturated heterocycles. The Bertz CT molecular complexity index is 632. The van der Waals surface area contributed by atoms with Gasteiger partial charge in [0.25, 0.3) is 0 Å². The molecule has 2 aromatic rings. The van der Waals surface area contributed by atoms with Crippen LogP contribution in [0.1, 0.15) is 37.0 Å². The number of rotatable bonds is 4.